The maximum absolute atomic E-state index is 12.5. The lowest BCUT2D eigenvalue weighted by molar-refractivity contribution is -0.136. The summed E-state index contributed by atoms with van der Waals surface area (Å²) in [6.07, 6.45) is 3.03. The number of para-hydroxylation sites is 1. The topological polar surface area (TPSA) is 108 Å². The maximum Gasteiger partial charge on any atom is 0.519 e. The van der Waals surface area contributed by atoms with Crippen molar-refractivity contribution in [3.63, 3.8) is 0 Å². The summed E-state index contributed by atoms with van der Waals surface area (Å²) < 4.78 is 21.4. The molecule has 3 rings (SSSR count). The van der Waals surface area contributed by atoms with Crippen LogP contribution in [0.1, 0.15) is 39.9 Å². The van der Waals surface area contributed by atoms with E-state index in [1.807, 2.05) is 0 Å². The van der Waals surface area contributed by atoms with Gasteiger partial charge in [0.05, 0.1) is 7.11 Å². The molecule has 0 saturated carbocycles. The Bertz CT molecular complexity index is 1020. The molecule has 8 nitrogen and oxygen atoms in total. The standard InChI is InChI=1S/C23H22O8/c1-14-17-13-29-22(26)19(17)21(31-23(27)30-15-9-5-3-6-10-15)16(20(14)28-2)11-7-4-8-12-18(24)25/h3-7,9-10H,8,11-13H2,1-2H3,(H,24,25)/b7-4+. The molecule has 0 bridgehead atoms. The zero-order valence-corrected chi connectivity index (χ0v) is 17.2. The van der Waals surface area contributed by atoms with Crippen LogP contribution in [0.25, 0.3) is 0 Å². The van der Waals surface area contributed by atoms with E-state index in [0.717, 1.165) is 0 Å². The molecule has 162 valence electrons. The predicted molar refractivity (Wildman–Crippen MR) is 110 cm³/mol. The molecule has 1 aliphatic heterocycles. The highest BCUT2D eigenvalue weighted by Gasteiger charge is 2.34. The van der Waals surface area contributed by atoms with Gasteiger partial charge < -0.3 is 24.1 Å². The van der Waals surface area contributed by atoms with Gasteiger partial charge in [-0.25, -0.2) is 9.59 Å². The van der Waals surface area contributed by atoms with Crippen molar-refractivity contribution < 1.29 is 38.4 Å². The van der Waals surface area contributed by atoms with E-state index in [2.05, 4.69) is 0 Å². The fourth-order valence-electron chi connectivity index (χ4n) is 3.34. The van der Waals surface area contributed by atoms with Crippen molar-refractivity contribution in [2.45, 2.75) is 32.8 Å². The number of aliphatic carboxylic acids is 1. The summed E-state index contributed by atoms with van der Waals surface area (Å²) in [5, 5.41) is 8.77. The van der Waals surface area contributed by atoms with Gasteiger partial charge >= 0.3 is 18.1 Å². The van der Waals surface area contributed by atoms with Gasteiger partial charge in [0.15, 0.2) is 5.75 Å². The zero-order chi connectivity index (χ0) is 22.4. The monoisotopic (exact) mass is 426 g/mol. The summed E-state index contributed by atoms with van der Waals surface area (Å²) in [7, 11) is 1.48. The Morgan fingerprint density at radius 1 is 1.13 bits per heavy atom. The molecule has 0 fully saturated rings. The molecule has 31 heavy (non-hydrogen) atoms. The average molecular weight is 426 g/mol. The van der Waals surface area contributed by atoms with Crippen molar-refractivity contribution in [2.75, 3.05) is 7.11 Å². The second kappa shape index (κ2) is 9.80. The van der Waals surface area contributed by atoms with E-state index in [4.69, 9.17) is 24.1 Å². The van der Waals surface area contributed by atoms with Crippen LogP contribution in [0.3, 0.4) is 0 Å². The predicted octanol–water partition coefficient (Wildman–Crippen LogP) is 4.22. The number of ether oxygens (including phenoxy) is 4. The van der Waals surface area contributed by atoms with E-state index < -0.39 is 18.1 Å². The number of esters is 1. The number of hydrogen-bond acceptors (Lipinski definition) is 7. The Morgan fingerprint density at radius 2 is 1.87 bits per heavy atom. The summed E-state index contributed by atoms with van der Waals surface area (Å²) >= 11 is 0. The Kier molecular flexibility index (Phi) is 6.92. The Balaban J connectivity index is 1.96. The number of hydrogen-bond donors (Lipinski definition) is 1. The van der Waals surface area contributed by atoms with Crippen LogP contribution >= 0.6 is 0 Å². The van der Waals surface area contributed by atoms with Crippen molar-refractivity contribution in [3.8, 4) is 17.2 Å². The van der Waals surface area contributed by atoms with Gasteiger partial charge in [0.25, 0.3) is 0 Å². The van der Waals surface area contributed by atoms with Gasteiger partial charge in [-0.2, -0.15) is 0 Å². The molecule has 0 spiro atoms. The number of fused-ring (bicyclic) bond motifs is 1. The van der Waals surface area contributed by atoms with Crippen LogP contribution in [-0.2, 0) is 22.6 Å². The van der Waals surface area contributed by atoms with Crippen molar-refractivity contribution in [1.82, 2.24) is 0 Å². The third-order valence-corrected chi connectivity index (χ3v) is 4.77. The molecule has 2 aromatic carbocycles. The number of carbonyl (C=O) groups is 3. The Labute approximate surface area is 179 Å². The molecular weight excluding hydrogens is 404 g/mol. The van der Waals surface area contributed by atoms with E-state index >= 15 is 0 Å². The Morgan fingerprint density at radius 3 is 2.55 bits per heavy atom. The number of cyclic esters (lactones) is 1. The lowest BCUT2D eigenvalue weighted by Crippen LogP contribution is -2.17. The van der Waals surface area contributed by atoms with Crippen LogP contribution in [0.15, 0.2) is 42.5 Å². The number of rotatable bonds is 8. The highest BCUT2D eigenvalue weighted by atomic mass is 16.7. The molecule has 0 radical (unpaired) electrons. The molecule has 1 heterocycles. The van der Waals surface area contributed by atoms with Gasteiger partial charge in [-0.1, -0.05) is 30.4 Å². The lowest BCUT2D eigenvalue weighted by atomic mass is 9.95. The van der Waals surface area contributed by atoms with Crippen LogP contribution < -0.4 is 14.2 Å². The summed E-state index contributed by atoms with van der Waals surface area (Å²) in [4.78, 5) is 35.5. The van der Waals surface area contributed by atoms with Gasteiger partial charge in [-0.3, -0.25) is 4.79 Å². The van der Waals surface area contributed by atoms with Crippen LogP contribution in [0.4, 0.5) is 4.79 Å². The summed E-state index contributed by atoms with van der Waals surface area (Å²) in [5.74, 6) is -0.725. The van der Waals surface area contributed by atoms with E-state index in [9.17, 15) is 14.4 Å². The molecule has 1 N–H and O–H groups in total. The molecule has 0 amide bonds. The zero-order valence-electron chi connectivity index (χ0n) is 17.2. The molecule has 8 heteroatoms. The van der Waals surface area contributed by atoms with Crippen molar-refractivity contribution in [1.29, 1.82) is 0 Å². The second-order valence-electron chi connectivity index (χ2n) is 6.77. The number of benzene rings is 2. The SMILES string of the molecule is COc1c(C)c2c(c(OC(=O)Oc3ccccc3)c1C/C=C/CCC(=O)O)C(=O)OC2. The van der Waals surface area contributed by atoms with Gasteiger partial charge in [0.1, 0.15) is 23.7 Å². The van der Waals surface area contributed by atoms with Crippen LogP contribution in [0.2, 0.25) is 0 Å². The number of carbonyl (C=O) groups excluding carboxylic acids is 2. The third-order valence-electron chi connectivity index (χ3n) is 4.77. The fraction of sp³-hybridized carbons (Fsp3) is 0.261. The van der Waals surface area contributed by atoms with Crippen LogP contribution in [0.5, 0.6) is 17.2 Å². The second-order valence-corrected chi connectivity index (χ2v) is 6.77. The first-order chi connectivity index (χ1) is 14.9. The largest absolute Gasteiger partial charge is 0.519 e. The maximum atomic E-state index is 12.5. The summed E-state index contributed by atoms with van der Waals surface area (Å²) in [6.45, 7) is 1.85. The van der Waals surface area contributed by atoms with Gasteiger partial charge in [0.2, 0.25) is 0 Å². The molecule has 2 aromatic rings. The normalized spacial score (nSPS) is 12.4. The van der Waals surface area contributed by atoms with Gasteiger partial charge in [0, 0.05) is 17.5 Å². The van der Waals surface area contributed by atoms with Crippen LogP contribution in [-0.4, -0.2) is 30.3 Å². The number of carboxylic acid groups (broad SMARTS) is 1. The van der Waals surface area contributed by atoms with Crippen molar-refractivity contribution >= 4 is 18.1 Å². The molecule has 0 aliphatic carbocycles. The van der Waals surface area contributed by atoms with E-state index in [1.165, 1.54) is 7.11 Å². The van der Waals surface area contributed by atoms with Crippen LogP contribution in [0, 0.1) is 6.92 Å². The average Bonchev–Trinajstić information content (AvgIpc) is 3.13. The summed E-state index contributed by atoms with van der Waals surface area (Å²) in [5.41, 5.74) is 1.93. The molecular formula is C23H22O8. The molecule has 0 aromatic heterocycles. The van der Waals surface area contributed by atoms with Crippen molar-refractivity contribution in [3.05, 3.63) is 64.7 Å². The number of carboxylic acids is 1. The minimum Gasteiger partial charge on any atom is -0.496 e. The highest BCUT2D eigenvalue weighted by molar-refractivity contribution is 5.99. The molecule has 0 saturated heterocycles. The number of methoxy groups -OCH3 is 1. The quantitative estimate of drug-likeness (QED) is 0.380. The molecule has 0 unspecified atom stereocenters. The van der Waals surface area contributed by atoms with E-state index in [0.29, 0.717) is 34.6 Å². The van der Waals surface area contributed by atoms with Gasteiger partial charge in [-0.05, 0) is 37.5 Å². The third kappa shape index (κ3) is 5.03. The minimum absolute atomic E-state index is 0.00403. The lowest BCUT2D eigenvalue weighted by Gasteiger charge is -2.18. The first-order valence-electron chi connectivity index (χ1n) is 9.63. The smallest absolute Gasteiger partial charge is 0.496 e. The van der Waals surface area contributed by atoms with E-state index in [1.54, 1.807) is 49.4 Å². The van der Waals surface area contributed by atoms with E-state index in [-0.39, 0.29) is 30.8 Å². The fourth-order valence-corrected chi connectivity index (χ4v) is 3.34. The first-order valence-corrected chi connectivity index (χ1v) is 9.63. The Hall–Kier alpha value is -3.81. The van der Waals surface area contributed by atoms with Gasteiger partial charge in [-0.15, -0.1) is 0 Å². The number of allylic oxidation sites excluding steroid dienone is 2. The van der Waals surface area contributed by atoms with Crippen molar-refractivity contribution in [2.24, 2.45) is 0 Å². The molecule has 1 aliphatic rings. The minimum atomic E-state index is -1.00. The molecule has 0 atom stereocenters. The first kappa shape index (κ1) is 21.9. The highest BCUT2D eigenvalue weighted by Crippen LogP contribution is 2.43. The summed E-state index contributed by atoms with van der Waals surface area (Å²) in [6, 6.07) is 8.39.